The van der Waals surface area contributed by atoms with Gasteiger partial charge in [-0.1, -0.05) is 28.1 Å². The number of hydrogen-bond donors (Lipinski definition) is 1. The van der Waals surface area contributed by atoms with Crippen LogP contribution in [-0.2, 0) is 16.4 Å². The van der Waals surface area contributed by atoms with Gasteiger partial charge < -0.3 is 4.74 Å². The fraction of sp³-hybridized carbons (Fsp3) is 0.250. The number of hydrogen-bond acceptors (Lipinski definition) is 3. The lowest BCUT2D eigenvalue weighted by Crippen LogP contribution is -2.25. The normalized spacial score (nSPS) is 11.4. The third-order valence-corrected chi connectivity index (χ3v) is 5.20. The molecule has 0 amide bonds. The number of rotatable bonds is 7. The molecule has 0 aliphatic carbocycles. The summed E-state index contributed by atoms with van der Waals surface area (Å²) in [6, 6.07) is 14.4. The summed E-state index contributed by atoms with van der Waals surface area (Å²) in [6.45, 7) is 0.398. The molecule has 0 unspecified atom stereocenters. The van der Waals surface area contributed by atoms with Gasteiger partial charge in [0.25, 0.3) is 0 Å². The minimum Gasteiger partial charge on any atom is -0.497 e. The van der Waals surface area contributed by atoms with Gasteiger partial charge in [-0.3, -0.25) is 0 Å². The first-order valence-electron chi connectivity index (χ1n) is 6.89. The van der Waals surface area contributed by atoms with Crippen LogP contribution in [0, 0.1) is 0 Å². The molecule has 0 radical (unpaired) electrons. The standard InChI is InChI=1S/C16H18BrNO3S/c1-21-15-6-2-4-13(12-15)5-3-11-18-22(19,20)16-9-7-14(17)8-10-16/h2,4,6-10,12,18H,3,5,11H2,1H3. The molecule has 118 valence electrons. The average Bonchev–Trinajstić information content (AvgIpc) is 2.52. The van der Waals surface area contributed by atoms with Crippen LogP contribution < -0.4 is 9.46 Å². The van der Waals surface area contributed by atoms with Crippen LogP contribution in [0.1, 0.15) is 12.0 Å². The van der Waals surface area contributed by atoms with Gasteiger partial charge in [-0.25, -0.2) is 13.1 Å². The Morgan fingerprint density at radius 1 is 1.14 bits per heavy atom. The van der Waals surface area contributed by atoms with E-state index < -0.39 is 10.0 Å². The van der Waals surface area contributed by atoms with Crippen molar-refractivity contribution >= 4 is 26.0 Å². The van der Waals surface area contributed by atoms with E-state index in [9.17, 15) is 8.42 Å². The Bertz CT molecular complexity index is 714. The fourth-order valence-corrected chi connectivity index (χ4v) is 3.36. The highest BCUT2D eigenvalue weighted by atomic mass is 79.9. The van der Waals surface area contributed by atoms with E-state index in [1.807, 2.05) is 24.3 Å². The van der Waals surface area contributed by atoms with Crippen LogP contribution in [0.5, 0.6) is 5.75 Å². The second-order valence-corrected chi connectivity index (χ2v) is 7.49. The van der Waals surface area contributed by atoms with E-state index in [1.165, 1.54) is 0 Å². The van der Waals surface area contributed by atoms with Crippen LogP contribution >= 0.6 is 15.9 Å². The zero-order valence-corrected chi connectivity index (χ0v) is 14.7. The second kappa shape index (κ2) is 7.76. The summed E-state index contributed by atoms with van der Waals surface area (Å²) in [5.41, 5.74) is 1.13. The minimum atomic E-state index is -3.44. The van der Waals surface area contributed by atoms with Gasteiger partial charge in [-0.05, 0) is 54.8 Å². The molecule has 22 heavy (non-hydrogen) atoms. The maximum Gasteiger partial charge on any atom is 0.240 e. The molecule has 0 atom stereocenters. The number of aryl methyl sites for hydroxylation is 1. The van der Waals surface area contributed by atoms with Crippen LogP contribution in [0.4, 0.5) is 0 Å². The summed E-state index contributed by atoms with van der Waals surface area (Å²) in [6.07, 6.45) is 1.52. The Balaban J connectivity index is 1.86. The number of sulfonamides is 1. The monoisotopic (exact) mass is 383 g/mol. The summed E-state index contributed by atoms with van der Waals surface area (Å²) in [5.74, 6) is 0.813. The Morgan fingerprint density at radius 2 is 1.86 bits per heavy atom. The van der Waals surface area contributed by atoms with Crippen molar-refractivity contribution in [2.75, 3.05) is 13.7 Å². The molecule has 0 bridgehead atoms. The van der Waals surface area contributed by atoms with E-state index in [0.29, 0.717) is 6.54 Å². The number of ether oxygens (including phenoxy) is 1. The molecule has 0 aromatic heterocycles. The SMILES string of the molecule is COc1cccc(CCCNS(=O)(=O)c2ccc(Br)cc2)c1. The molecule has 6 heteroatoms. The third kappa shape index (κ3) is 4.83. The molecule has 0 heterocycles. The van der Waals surface area contributed by atoms with Gasteiger partial charge in [0, 0.05) is 11.0 Å². The second-order valence-electron chi connectivity index (χ2n) is 4.81. The minimum absolute atomic E-state index is 0.275. The molecule has 0 saturated carbocycles. The first-order valence-corrected chi connectivity index (χ1v) is 9.17. The van der Waals surface area contributed by atoms with Gasteiger partial charge in [0.2, 0.25) is 10.0 Å². The van der Waals surface area contributed by atoms with E-state index in [-0.39, 0.29) is 4.90 Å². The Labute approximate surface area is 139 Å². The maximum absolute atomic E-state index is 12.1. The quantitative estimate of drug-likeness (QED) is 0.745. The highest BCUT2D eigenvalue weighted by Crippen LogP contribution is 2.15. The predicted octanol–water partition coefficient (Wildman–Crippen LogP) is 3.37. The van der Waals surface area contributed by atoms with Crippen LogP contribution in [0.2, 0.25) is 0 Å². The largest absolute Gasteiger partial charge is 0.497 e. The molecule has 1 N–H and O–H groups in total. The molecule has 4 nitrogen and oxygen atoms in total. The molecular formula is C16H18BrNO3S. The van der Waals surface area contributed by atoms with E-state index >= 15 is 0 Å². The lowest BCUT2D eigenvalue weighted by atomic mass is 10.1. The Kier molecular flexibility index (Phi) is 5.99. The van der Waals surface area contributed by atoms with Gasteiger partial charge in [-0.15, -0.1) is 0 Å². The van der Waals surface area contributed by atoms with Gasteiger partial charge in [0.15, 0.2) is 0 Å². The topological polar surface area (TPSA) is 55.4 Å². The van der Waals surface area contributed by atoms with Gasteiger partial charge in [0.05, 0.1) is 12.0 Å². The van der Waals surface area contributed by atoms with Crippen LogP contribution in [0.15, 0.2) is 57.9 Å². The van der Waals surface area contributed by atoms with Crippen molar-refractivity contribution in [3.05, 3.63) is 58.6 Å². The summed E-state index contributed by atoms with van der Waals surface area (Å²) >= 11 is 3.29. The average molecular weight is 384 g/mol. The van der Waals surface area contributed by atoms with E-state index in [0.717, 1.165) is 28.6 Å². The van der Waals surface area contributed by atoms with Crippen molar-refractivity contribution in [3.8, 4) is 5.75 Å². The molecule has 0 saturated heterocycles. The zero-order valence-electron chi connectivity index (χ0n) is 12.3. The van der Waals surface area contributed by atoms with Crippen molar-refractivity contribution in [1.29, 1.82) is 0 Å². The molecule has 0 spiro atoms. The molecular weight excluding hydrogens is 366 g/mol. The lowest BCUT2D eigenvalue weighted by Gasteiger charge is -2.07. The Hall–Kier alpha value is -1.37. The molecule has 0 aliphatic heterocycles. The molecule has 2 aromatic rings. The van der Waals surface area contributed by atoms with Crippen molar-refractivity contribution in [3.63, 3.8) is 0 Å². The van der Waals surface area contributed by atoms with Crippen molar-refractivity contribution < 1.29 is 13.2 Å². The highest BCUT2D eigenvalue weighted by Gasteiger charge is 2.12. The summed E-state index contributed by atoms with van der Waals surface area (Å²) in [5, 5.41) is 0. The van der Waals surface area contributed by atoms with E-state index in [4.69, 9.17) is 4.74 Å². The van der Waals surface area contributed by atoms with Gasteiger partial charge >= 0.3 is 0 Å². The van der Waals surface area contributed by atoms with Gasteiger partial charge in [-0.2, -0.15) is 0 Å². The third-order valence-electron chi connectivity index (χ3n) is 3.19. The molecule has 0 aliphatic rings. The Morgan fingerprint density at radius 3 is 2.55 bits per heavy atom. The number of nitrogens with one attached hydrogen (secondary N) is 1. The van der Waals surface area contributed by atoms with E-state index in [2.05, 4.69) is 20.7 Å². The summed E-state index contributed by atoms with van der Waals surface area (Å²) in [7, 11) is -1.81. The molecule has 0 fully saturated rings. The maximum atomic E-state index is 12.1. The number of benzene rings is 2. The van der Waals surface area contributed by atoms with Crippen molar-refractivity contribution in [1.82, 2.24) is 4.72 Å². The van der Waals surface area contributed by atoms with Gasteiger partial charge in [0.1, 0.15) is 5.75 Å². The highest BCUT2D eigenvalue weighted by molar-refractivity contribution is 9.10. The molecule has 2 aromatic carbocycles. The summed E-state index contributed by atoms with van der Waals surface area (Å²) in [4.78, 5) is 0.275. The van der Waals surface area contributed by atoms with Crippen LogP contribution in [0.3, 0.4) is 0 Å². The first-order chi connectivity index (χ1) is 10.5. The van der Waals surface area contributed by atoms with Crippen molar-refractivity contribution in [2.45, 2.75) is 17.7 Å². The predicted molar refractivity (Wildman–Crippen MR) is 90.6 cm³/mol. The molecule has 2 rings (SSSR count). The van der Waals surface area contributed by atoms with Crippen molar-refractivity contribution in [2.24, 2.45) is 0 Å². The van der Waals surface area contributed by atoms with Crippen LogP contribution in [-0.4, -0.2) is 22.1 Å². The first kappa shape index (κ1) is 17.0. The van der Waals surface area contributed by atoms with E-state index in [1.54, 1.807) is 31.4 Å². The fourth-order valence-electron chi connectivity index (χ4n) is 2.02. The smallest absolute Gasteiger partial charge is 0.240 e. The zero-order chi connectivity index (χ0) is 16.0. The van der Waals surface area contributed by atoms with Crippen LogP contribution in [0.25, 0.3) is 0 Å². The lowest BCUT2D eigenvalue weighted by molar-refractivity contribution is 0.414. The number of methoxy groups -OCH3 is 1. The number of halogens is 1. The summed E-state index contributed by atoms with van der Waals surface area (Å²) < 4.78 is 32.9.